The van der Waals surface area contributed by atoms with E-state index in [1.54, 1.807) is 18.2 Å². The van der Waals surface area contributed by atoms with Gasteiger partial charge in [0.25, 0.3) is 0 Å². The summed E-state index contributed by atoms with van der Waals surface area (Å²) in [7, 11) is 0. The first-order valence-corrected chi connectivity index (χ1v) is 9.40. The van der Waals surface area contributed by atoms with Gasteiger partial charge in [0.05, 0.1) is 5.52 Å². The number of para-hydroxylation sites is 1. The number of fused-ring (bicyclic) bond motifs is 2. The maximum atomic E-state index is 11.8. The Hall–Kier alpha value is -2.27. The Morgan fingerprint density at radius 2 is 1.73 bits per heavy atom. The molecular formula is C21H26N2O3. The first-order chi connectivity index (χ1) is 12.6. The first-order valence-electron chi connectivity index (χ1n) is 9.40. The molecule has 0 amide bonds. The van der Waals surface area contributed by atoms with Crippen LogP contribution in [0.25, 0.3) is 10.9 Å². The number of carboxylic acids is 1. The van der Waals surface area contributed by atoms with Crippen molar-refractivity contribution in [2.24, 2.45) is 17.8 Å². The van der Waals surface area contributed by atoms with Crippen molar-refractivity contribution in [1.82, 2.24) is 10.3 Å². The van der Waals surface area contributed by atoms with Crippen LogP contribution in [0.5, 0.6) is 0 Å². The normalized spacial score (nSPS) is 22.8. The number of carbonyl (C=O) groups is 2. The van der Waals surface area contributed by atoms with Gasteiger partial charge in [-0.1, -0.05) is 37.1 Å². The summed E-state index contributed by atoms with van der Waals surface area (Å²) in [4.78, 5) is 26.7. The predicted molar refractivity (Wildman–Crippen MR) is 101 cm³/mol. The highest BCUT2D eigenvalue weighted by Crippen LogP contribution is 2.31. The van der Waals surface area contributed by atoms with Crippen LogP contribution in [-0.2, 0) is 4.79 Å². The molecule has 0 bridgehead atoms. The standard InChI is InChI=1S/C13H11NO3.C8H15N/c1-8(13(16)17)12(15)11-7-6-9-4-2-3-5-10(9)14-11;1-2-4-8-6-9-5-7(8)3-1/h2-8H,1H3,(H,16,17);7-9H,1-6H2/t;7-,8+. The number of aromatic nitrogens is 1. The number of aliphatic carboxylic acids is 1. The number of pyridine rings is 1. The summed E-state index contributed by atoms with van der Waals surface area (Å²) in [6.45, 7) is 3.98. The second kappa shape index (κ2) is 8.41. The minimum absolute atomic E-state index is 0.193. The Labute approximate surface area is 153 Å². The third-order valence-corrected chi connectivity index (χ3v) is 5.49. The van der Waals surface area contributed by atoms with Gasteiger partial charge >= 0.3 is 5.97 Å². The Balaban J connectivity index is 0.000000181. The van der Waals surface area contributed by atoms with Gasteiger partial charge < -0.3 is 10.4 Å². The molecule has 2 fully saturated rings. The van der Waals surface area contributed by atoms with E-state index in [1.807, 2.05) is 18.2 Å². The monoisotopic (exact) mass is 354 g/mol. The summed E-state index contributed by atoms with van der Waals surface area (Å²) in [6, 6.07) is 10.7. The summed E-state index contributed by atoms with van der Waals surface area (Å²) in [5.74, 6) is -0.561. The average Bonchev–Trinajstić information content (AvgIpc) is 3.15. The largest absolute Gasteiger partial charge is 0.481 e. The van der Waals surface area contributed by atoms with Gasteiger partial charge in [-0.15, -0.1) is 0 Å². The fourth-order valence-electron chi connectivity index (χ4n) is 3.81. The number of nitrogens with one attached hydrogen (secondary N) is 1. The van der Waals surface area contributed by atoms with Crippen molar-refractivity contribution in [3.05, 3.63) is 42.1 Å². The quantitative estimate of drug-likeness (QED) is 0.651. The molecule has 0 spiro atoms. The highest BCUT2D eigenvalue weighted by molar-refractivity contribution is 6.07. The van der Waals surface area contributed by atoms with Gasteiger partial charge in [-0.05, 0) is 56.8 Å². The van der Waals surface area contributed by atoms with Gasteiger partial charge in [0, 0.05) is 5.39 Å². The molecular weight excluding hydrogens is 328 g/mol. The van der Waals surface area contributed by atoms with E-state index in [-0.39, 0.29) is 5.69 Å². The number of hydrogen-bond donors (Lipinski definition) is 2. The number of ketones is 1. The van der Waals surface area contributed by atoms with Crippen LogP contribution >= 0.6 is 0 Å². The molecule has 26 heavy (non-hydrogen) atoms. The van der Waals surface area contributed by atoms with Gasteiger partial charge in [-0.2, -0.15) is 0 Å². The van der Waals surface area contributed by atoms with Gasteiger partial charge in [0.1, 0.15) is 11.6 Å². The molecule has 1 aromatic carbocycles. The van der Waals surface area contributed by atoms with E-state index in [4.69, 9.17) is 5.11 Å². The summed E-state index contributed by atoms with van der Waals surface area (Å²) in [6.07, 6.45) is 5.97. The number of rotatable bonds is 3. The van der Waals surface area contributed by atoms with Crippen LogP contribution < -0.4 is 5.32 Å². The van der Waals surface area contributed by atoms with Crippen LogP contribution in [0.4, 0.5) is 0 Å². The molecule has 1 aliphatic heterocycles. The number of benzene rings is 1. The third-order valence-electron chi connectivity index (χ3n) is 5.49. The predicted octanol–water partition coefficient (Wildman–Crippen LogP) is 3.53. The van der Waals surface area contributed by atoms with Crippen LogP contribution in [0.2, 0.25) is 0 Å². The molecule has 138 valence electrons. The molecule has 2 N–H and O–H groups in total. The Kier molecular flexibility index (Phi) is 5.99. The van der Waals surface area contributed by atoms with Gasteiger partial charge in [-0.3, -0.25) is 9.59 Å². The second-order valence-electron chi connectivity index (χ2n) is 7.28. The zero-order valence-electron chi connectivity index (χ0n) is 15.1. The molecule has 4 rings (SSSR count). The molecule has 1 aromatic heterocycles. The first kappa shape index (κ1) is 18.5. The van der Waals surface area contributed by atoms with Crippen molar-refractivity contribution in [2.75, 3.05) is 13.1 Å². The SMILES string of the molecule is C1CC[C@H]2CNC[C@H]2C1.CC(C(=O)O)C(=O)c1ccc2ccccc2n1. The van der Waals surface area contributed by atoms with Crippen LogP contribution in [-0.4, -0.2) is 34.9 Å². The molecule has 3 atom stereocenters. The highest BCUT2D eigenvalue weighted by atomic mass is 16.4. The maximum Gasteiger partial charge on any atom is 0.314 e. The summed E-state index contributed by atoms with van der Waals surface area (Å²) in [5, 5.41) is 13.2. The number of hydrogen-bond acceptors (Lipinski definition) is 4. The summed E-state index contributed by atoms with van der Waals surface area (Å²) in [5.41, 5.74) is 0.884. The minimum atomic E-state index is -1.13. The minimum Gasteiger partial charge on any atom is -0.481 e. The lowest BCUT2D eigenvalue weighted by atomic mass is 9.82. The van der Waals surface area contributed by atoms with E-state index in [0.717, 1.165) is 17.2 Å². The Bertz CT molecular complexity index is 778. The van der Waals surface area contributed by atoms with Crippen LogP contribution in [0.3, 0.4) is 0 Å². The molecule has 5 nitrogen and oxygen atoms in total. The average molecular weight is 354 g/mol. The van der Waals surface area contributed by atoms with Crippen molar-refractivity contribution >= 4 is 22.7 Å². The van der Waals surface area contributed by atoms with E-state index in [0.29, 0.717) is 5.52 Å². The maximum absolute atomic E-state index is 11.8. The van der Waals surface area contributed by atoms with Crippen LogP contribution in [0, 0.1) is 17.8 Å². The van der Waals surface area contributed by atoms with Crippen LogP contribution in [0.15, 0.2) is 36.4 Å². The molecule has 1 aliphatic carbocycles. The van der Waals surface area contributed by atoms with Crippen molar-refractivity contribution in [3.63, 3.8) is 0 Å². The van der Waals surface area contributed by atoms with Crippen molar-refractivity contribution in [3.8, 4) is 0 Å². The Morgan fingerprint density at radius 3 is 2.38 bits per heavy atom. The molecule has 2 aromatic rings. The fourth-order valence-corrected chi connectivity index (χ4v) is 3.81. The van der Waals surface area contributed by atoms with E-state index in [2.05, 4.69) is 10.3 Å². The molecule has 2 heterocycles. The second-order valence-corrected chi connectivity index (χ2v) is 7.28. The molecule has 2 aliphatic rings. The zero-order valence-corrected chi connectivity index (χ0v) is 15.1. The zero-order chi connectivity index (χ0) is 18.5. The lowest BCUT2D eigenvalue weighted by Crippen LogP contribution is -2.21. The number of Topliss-reactive ketones (excluding diaryl/α,β-unsaturated/α-hetero) is 1. The number of carboxylic acid groups (broad SMARTS) is 1. The fraction of sp³-hybridized carbons (Fsp3) is 0.476. The number of nitrogens with zero attached hydrogens (tertiary/aromatic N) is 1. The van der Waals surface area contributed by atoms with Gasteiger partial charge in [0.2, 0.25) is 0 Å². The van der Waals surface area contributed by atoms with Crippen LogP contribution in [0.1, 0.15) is 43.1 Å². The lowest BCUT2D eigenvalue weighted by molar-refractivity contribution is -0.139. The van der Waals surface area contributed by atoms with Gasteiger partial charge in [0.15, 0.2) is 5.78 Å². The smallest absolute Gasteiger partial charge is 0.314 e. The van der Waals surface area contributed by atoms with E-state index < -0.39 is 17.7 Å². The van der Waals surface area contributed by atoms with Crippen molar-refractivity contribution < 1.29 is 14.7 Å². The highest BCUT2D eigenvalue weighted by Gasteiger charge is 2.28. The van der Waals surface area contributed by atoms with E-state index in [1.165, 1.54) is 45.7 Å². The van der Waals surface area contributed by atoms with E-state index in [9.17, 15) is 9.59 Å². The molecule has 1 unspecified atom stereocenters. The third kappa shape index (κ3) is 4.28. The van der Waals surface area contributed by atoms with Crippen molar-refractivity contribution in [1.29, 1.82) is 0 Å². The molecule has 1 saturated carbocycles. The summed E-state index contributed by atoms with van der Waals surface area (Å²) < 4.78 is 0. The molecule has 1 saturated heterocycles. The molecule has 5 heteroatoms. The topological polar surface area (TPSA) is 79.3 Å². The lowest BCUT2D eigenvalue weighted by Gasteiger charge is -2.23. The van der Waals surface area contributed by atoms with Crippen molar-refractivity contribution in [2.45, 2.75) is 32.6 Å². The number of carbonyl (C=O) groups excluding carboxylic acids is 1. The summed E-state index contributed by atoms with van der Waals surface area (Å²) >= 11 is 0. The molecule has 0 radical (unpaired) electrons. The Morgan fingerprint density at radius 1 is 1.08 bits per heavy atom. The van der Waals surface area contributed by atoms with Gasteiger partial charge in [-0.25, -0.2) is 4.98 Å². The van der Waals surface area contributed by atoms with E-state index >= 15 is 0 Å².